The van der Waals surface area contributed by atoms with Gasteiger partial charge in [-0.15, -0.1) is 0 Å². The molecule has 0 fully saturated rings. The molecule has 1 amide bonds. The van der Waals surface area contributed by atoms with E-state index in [0.29, 0.717) is 5.65 Å². The Balaban J connectivity index is 1.83. The van der Waals surface area contributed by atoms with Crippen LogP contribution in [0, 0.1) is 5.92 Å². The highest BCUT2D eigenvalue weighted by Gasteiger charge is 2.24. The largest absolute Gasteiger partial charge is 0.462 e. The molecule has 2 aromatic rings. The number of esters is 1. The Morgan fingerprint density at radius 2 is 2.12 bits per heavy atom. The van der Waals surface area contributed by atoms with Gasteiger partial charge in [0.05, 0.1) is 12.9 Å². The third-order valence-electron chi connectivity index (χ3n) is 3.47. The van der Waals surface area contributed by atoms with Crippen LogP contribution in [-0.4, -0.2) is 50.7 Å². The third kappa shape index (κ3) is 4.79. The van der Waals surface area contributed by atoms with Gasteiger partial charge in [0.25, 0.3) is 5.56 Å². The van der Waals surface area contributed by atoms with Gasteiger partial charge >= 0.3 is 5.97 Å². The second-order valence-corrected chi connectivity index (χ2v) is 5.96. The molecule has 2 rings (SSSR count). The van der Waals surface area contributed by atoms with Crippen molar-refractivity contribution in [2.45, 2.75) is 33.5 Å². The summed E-state index contributed by atoms with van der Waals surface area (Å²) >= 11 is 0. The highest BCUT2D eigenvalue weighted by Crippen LogP contribution is 2.07. The number of nitrogens with one attached hydrogen (secondary N) is 2. The summed E-state index contributed by atoms with van der Waals surface area (Å²) in [5, 5.41) is 2.55. The Bertz CT molecular complexity index is 843. The average Bonchev–Trinajstić information content (AvgIpc) is 2.95. The fourth-order valence-electron chi connectivity index (χ4n) is 2.24. The number of aromatic nitrogens is 4. The van der Waals surface area contributed by atoms with E-state index in [0.717, 1.165) is 0 Å². The van der Waals surface area contributed by atoms with Crippen LogP contribution in [0.2, 0.25) is 0 Å². The first-order chi connectivity index (χ1) is 12.3. The first-order valence-electron chi connectivity index (χ1n) is 8.01. The number of nitrogens with zero attached hydrogens (tertiary/aromatic N) is 3. The number of carbonyl (C=O) groups excluding carboxylic acids is 2. The molecular weight excluding hydrogens is 344 g/mol. The highest BCUT2D eigenvalue weighted by molar-refractivity contribution is 5.83. The fraction of sp³-hybridized carbons (Fsp3) is 0.533. The molecule has 0 saturated heterocycles. The van der Waals surface area contributed by atoms with Gasteiger partial charge < -0.3 is 20.5 Å². The minimum Gasteiger partial charge on any atom is -0.462 e. The van der Waals surface area contributed by atoms with E-state index < -0.39 is 17.6 Å². The van der Waals surface area contributed by atoms with Crippen LogP contribution >= 0.6 is 0 Å². The molecule has 0 aliphatic carbocycles. The molecule has 0 aliphatic rings. The third-order valence-corrected chi connectivity index (χ3v) is 3.47. The van der Waals surface area contributed by atoms with Gasteiger partial charge in [0.1, 0.15) is 19.4 Å². The van der Waals surface area contributed by atoms with Crippen molar-refractivity contribution in [3.05, 3.63) is 16.7 Å². The van der Waals surface area contributed by atoms with Gasteiger partial charge in [-0.1, -0.05) is 13.8 Å². The summed E-state index contributed by atoms with van der Waals surface area (Å²) in [7, 11) is 0. The van der Waals surface area contributed by atoms with Crippen molar-refractivity contribution < 1.29 is 19.1 Å². The lowest BCUT2D eigenvalue weighted by Gasteiger charge is -2.19. The van der Waals surface area contributed by atoms with Crippen LogP contribution in [0.3, 0.4) is 0 Å². The van der Waals surface area contributed by atoms with Gasteiger partial charge in [-0.3, -0.25) is 19.1 Å². The van der Waals surface area contributed by atoms with Crippen molar-refractivity contribution in [3.63, 3.8) is 0 Å². The number of ether oxygens (including phenoxy) is 2. The first kappa shape index (κ1) is 19.4. The van der Waals surface area contributed by atoms with Crippen molar-refractivity contribution in [2.24, 2.45) is 5.92 Å². The van der Waals surface area contributed by atoms with Crippen molar-refractivity contribution >= 4 is 29.0 Å². The Kier molecular flexibility index (Phi) is 6.28. The van der Waals surface area contributed by atoms with Crippen LogP contribution in [0.4, 0.5) is 5.95 Å². The monoisotopic (exact) mass is 366 g/mol. The van der Waals surface area contributed by atoms with Gasteiger partial charge in [0, 0.05) is 6.92 Å². The SMILES string of the molecule is CC(=O)N[C@H](C(=O)OCCOCn1cnc2c(=O)[nH]c(N)nc21)C(C)C. The number of nitrogens with two attached hydrogens (primary N) is 1. The molecule has 11 nitrogen and oxygen atoms in total. The van der Waals surface area contributed by atoms with E-state index in [1.807, 2.05) is 13.8 Å². The van der Waals surface area contributed by atoms with Crippen LogP contribution < -0.4 is 16.6 Å². The summed E-state index contributed by atoms with van der Waals surface area (Å²) in [6, 6.07) is -0.705. The van der Waals surface area contributed by atoms with Crippen LogP contribution in [-0.2, 0) is 25.8 Å². The lowest BCUT2D eigenvalue weighted by Crippen LogP contribution is -2.44. The summed E-state index contributed by atoms with van der Waals surface area (Å²) in [5.41, 5.74) is 5.54. The van der Waals surface area contributed by atoms with E-state index in [2.05, 4.69) is 20.3 Å². The predicted octanol–water partition coefficient (Wildman–Crippen LogP) is -0.620. The van der Waals surface area contributed by atoms with E-state index in [1.165, 1.54) is 17.8 Å². The first-order valence-corrected chi connectivity index (χ1v) is 8.01. The molecule has 4 N–H and O–H groups in total. The number of fused-ring (bicyclic) bond motifs is 1. The molecule has 0 saturated carbocycles. The number of hydrogen-bond acceptors (Lipinski definition) is 8. The Morgan fingerprint density at radius 1 is 1.38 bits per heavy atom. The molecule has 0 spiro atoms. The Hall–Kier alpha value is -2.95. The zero-order chi connectivity index (χ0) is 19.3. The molecule has 2 heterocycles. The van der Waals surface area contributed by atoms with Gasteiger partial charge in [-0.25, -0.2) is 9.78 Å². The lowest BCUT2D eigenvalue weighted by molar-refractivity contribution is -0.150. The molecular formula is C15H22N6O5. The number of carbonyl (C=O) groups is 2. The second kappa shape index (κ2) is 8.43. The topological polar surface area (TPSA) is 154 Å². The summed E-state index contributed by atoms with van der Waals surface area (Å²) < 4.78 is 12.0. The summed E-state index contributed by atoms with van der Waals surface area (Å²) in [4.78, 5) is 45.1. The Morgan fingerprint density at radius 3 is 2.77 bits per heavy atom. The van der Waals surface area contributed by atoms with E-state index in [-0.39, 0.29) is 43.2 Å². The number of H-pyrrole nitrogens is 1. The molecule has 0 aliphatic heterocycles. The van der Waals surface area contributed by atoms with Gasteiger partial charge in [0.2, 0.25) is 11.9 Å². The molecule has 0 unspecified atom stereocenters. The van der Waals surface area contributed by atoms with Crippen molar-refractivity contribution in [3.8, 4) is 0 Å². The minimum atomic E-state index is -0.705. The maximum Gasteiger partial charge on any atom is 0.328 e. The van der Waals surface area contributed by atoms with Crippen LogP contribution in [0.5, 0.6) is 0 Å². The zero-order valence-corrected chi connectivity index (χ0v) is 14.8. The number of nitrogen functional groups attached to an aromatic ring is 1. The second-order valence-electron chi connectivity index (χ2n) is 5.96. The smallest absolute Gasteiger partial charge is 0.328 e. The number of amides is 1. The summed E-state index contributed by atoms with van der Waals surface area (Å²) in [5.74, 6) is -0.936. The maximum atomic E-state index is 12.0. The molecule has 2 aromatic heterocycles. The van der Waals surface area contributed by atoms with E-state index >= 15 is 0 Å². The lowest BCUT2D eigenvalue weighted by atomic mass is 10.0. The van der Waals surface area contributed by atoms with Gasteiger partial charge in [-0.05, 0) is 5.92 Å². The molecule has 142 valence electrons. The van der Waals surface area contributed by atoms with Crippen molar-refractivity contribution in [2.75, 3.05) is 18.9 Å². The van der Waals surface area contributed by atoms with E-state index in [4.69, 9.17) is 15.2 Å². The standard InChI is InChI=1S/C15H22N6O5/c1-8(2)10(18-9(3)22)14(24)26-5-4-25-7-21-6-17-11-12(21)19-15(16)20-13(11)23/h6,8,10H,4-5,7H2,1-3H3,(H,18,22)(H3,16,19,20,23)/t10-/m0/s1. The number of hydrogen-bond donors (Lipinski definition) is 3. The molecule has 1 atom stereocenters. The quantitative estimate of drug-likeness (QED) is 0.412. The van der Waals surface area contributed by atoms with Crippen molar-refractivity contribution in [1.29, 1.82) is 0 Å². The minimum absolute atomic E-state index is 0.0177. The zero-order valence-electron chi connectivity index (χ0n) is 14.8. The summed E-state index contributed by atoms with van der Waals surface area (Å²) in [6.07, 6.45) is 1.41. The normalized spacial score (nSPS) is 12.3. The van der Waals surface area contributed by atoms with E-state index in [1.54, 1.807) is 0 Å². The molecule has 11 heteroatoms. The number of aromatic amines is 1. The van der Waals surface area contributed by atoms with Gasteiger partial charge in [0.15, 0.2) is 11.2 Å². The van der Waals surface area contributed by atoms with Gasteiger partial charge in [-0.2, -0.15) is 4.98 Å². The number of imidazole rings is 1. The van der Waals surface area contributed by atoms with Crippen LogP contribution in [0.1, 0.15) is 20.8 Å². The fourth-order valence-corrected chi connectivity index (χ4v) is 2.24. The number of anilines is 1. The Labute approximate surface area is 148 Å². The van der Waals surface area contributed by atoms with Crippen molar-refractivity contribution in [1.82, 2.24) is 24.8 Å². The molecule has 0 aromatic carbocycles. The predicted molar refractivity (Wildman–Crippen MR) is 91.9 cm³/mol. The maximum absolute atomic E-state index is 12.0. The van der Waals surface area contributed by atoms with E-state index in [9.17, 15) is 14.4 Å². The van der Waals surface area contributed by atoms with Crippen LogP contribution in [0.25, 0.3) is 11.2 Å². The molecule has 26 heavy (non-hydrogen) atoms. The number of rotatable bonds is 8. The molecule has 0 radical (unpaired) electrons. The summed E-state index contributed by atoms with van der Waals surface area (Å²) in [6.45, 7) is 5.15. The average molecular weight is 366 g/mol. The van der Waals surface area contributed by atoms with Crippen LogP contribution in [0.15, 0.2) is 11.1 Å². The molecule has 0 bridgehead atoms. The highest BCUT2D eigenvalue weighted by atomic mass is 16.6.